The molecular weight excluding hydrogens is 316 g/mol. The van der Waals surface area contributed by atoms with Gasteiger partial charge in [0.25, 0.3) is 0 Å². The van der Waals surface area contributed by atoms with Crippen molar-refractivity contribution >= 4 is 5.91 Å². The SMILES string of the molecule is C[C@H]1CN(C(=O)[C@@H](N)Cc2cn(Cc3ccccc3)cn2)C[C@H](C)O1. The maximum Gasteiger partial charge on any atom is 0.240 e. The molecule has 0 aliphatic carbocycles. The van der Waals surface area contributed by atoms with Gasteiger partial charge in [-0.1, -0.05) is 30.3 Å². The van der Waals surface area contributed by atoms with Gasteiger partial charge in [-0.2, -0.15) is 0 Å². The summed E-state index contributed by atoms with van der Waals surface area (Å²) in [4.78, 5) is 18.8. The Labute approximate surface area is 148 Å². The van der Waals surface area contributed by atoms with Gasteiger partial charge in [0.05, 0.1) is 30.3 Å². The van der Waals surface area contributed by atoms with E-state index < -0.39 is 6.04 Å². The van der Waals surface area contributed by atoms with Crippen LogP contribution >= 0.6 is 0 Å². The first-order chi connectivity index (χ1) is 12.0. The van der Waals surface area contributed by atoms with Crippen LogP contribution in [0.1, 0.15) is 25.1 Å². The summed E-state index contributed by atoms with van der Waals surface area (Å²) in [5.41, 5.74) is 8.20. The molecule has 0 saturated carbocycles. The molecule has 1 aromatic heterocycles. The lowest BCUT2D eigenvalue weighted by molar-refractivity contribution is -0.144. The van der Waals surface area contributed by atoms with Gasteiger partial charge >= 0.3 is 0 Å². The molecule has 1 amide bonds. The number of rotatable bonds is 5. The molecular formula is C19H26N4O2. The van der Waals surface area contributed by atoms with Crippen LogP contribution in [0.3, 0.4) is 0 Å². The second-order valence-electron chi connectivity index (χ2n) is 6.83. The van der Waals surface area contributed by atoms with E-state index in [4.69, 9.17) is 10.5 Å². The van der Waals surface area contributed by atoms with Gasteiger partial charge in [0, 0.05) is 32.3 Å². The number of amides is 1. The van der Waals surface area contributed by atoms with Gasteiger partial charge in [-0.05, 0) is 19.4 Å². The lowest BCUT2D eigenvalue weighted by atomic mass is 10.1. The van der Waals surface area contributed by atoms with Crippen molar-refractivity contribution in [3.05, 3.63) is 54.1 Å². The van der Waals surface area contributed by atoms with Crippen molar-refractivity contribution in [1.29, 1.82) is 0 Å². The molecule has 2 heterocycles. The highest BCUT2D eigenvalue weighted by molar-refractivity contribution is 5.82. The number of nitrogens with zero attached hydrogens (tertiary/aromatic N) is 3. The fraction of sp³-hybridized carbons (Fsp3) is 0.474. The Morgan fingerprint density at radius 2 is 1.96 bits per heavy atom. The van der Waals surface area contributed by atoms with Crippen LogP contribution in [-0.4, -0.2) is 51.7 Å². The van der Waals surface area contributed by atoms with Crippen molar-refractivity contribution in [2.75, 3.05) is 13.1 Å². The normalized spacial score (nSPS) is 22.0. The number of carbonyl (C=O) groups is 1. The Morgan fingerprint density at radius 1 is 1.28 bits per heavy atom. The molecule has 2 N–H and O–H groups in total. The van der Waals surface area contributed by atoms with Crippen LogP contribution in [0.2, 0.25) is 0 Å². The van der Waals surface area contributed by atoms with Gasteiger partial charge in [0.2, 0.25) is 5.91 Å². The van der Waals surface area contributed by atoms with Crippen molar-refractivity contribution in [2.24, 2.45) is 5.73 Å². The highest BCUT2D eigenvalue weighted by atomic mass is 16.5. The van der Waals surface area contributed by atoms with Crippen LogP contribution in [0.4, 0.5) is 0 Å². The topological polar surface area (TPSA) is 73.4 Å². The number of ether oxygens (including phenoxy) is 1. The molecule has 1 aliphatic heterocycles. The van der Waals surface area contributed by atoms with E-state index in [1.807, 2.05) is 47.7 Å². The van der Waals surface area contributed by atoms with Crippen molar-refractivity contribution in [1.82, 2.24) is 14.5 Å². The summed E-state index contributed by atoms with van der Waals surface area (Å²) >= 11 is 0. The summed E-state index contributed by atoms with van der Waals surface area (Å²) in [6.45, 7) is 5.91. The first-order valence-electron chi connectivity index (χ1n) is 8.75. The second kappa shape index (κ2) is 7.80. The number of nitrogens with two attached hydrogens (primary N) is 1. The van der Waals surface area contributed by atoms with Gasteiger partial charge in [0.1, 0.15) is 0 Å². The van der Waals surface area contributed by atoms with Gasteiger partial charge in [0.15, 0.2) is 0 Å². The molecule has 1 fully saturated rings. The van der Waals surface area contributed by atoms with Crippen molar-refractivity contribution in [2.45, 2.75) is 45.1 Å². The highest BCUT2D eigenvalue weighted by Crippen LogP contribution is 2.13. The van der Waals surface area contributed by atoms with Crippen LogP contribution in [0, 0.1) is 0 Å². The Kier molecular flexibility index (Phi) is 5.50. The monoisotopic (exact) mass is 342 g/mol. The minimum absolute atomic E-state index is 0.0281. The van der Waals surface area contributed by atoms with E-state index in [1.165, 1.54) is 5.56 Å². The summed E-state index contributed by atoms with van der Waals surface area (Å²) in [5, 5.41) is 0. The minimum Gasteiger partial charge on any atom is -0.372 e. The highest BCUT2D eigenvalue weighted by Gasteiger charge is 2.29. The minimum atomic E-state index is -0.572. The zero-order chi connectivity index (χ0) is 17.8. The van der Waals surface area contributed by atoms with Gasteiger partial charge in [-0.15, -0.1) is 0 Å². The number of aromatic nitrogens is 2. The lowest BCUT2D eigenvalue weighted by Crippen LogP contribution is -2.53. The third-order valence-electron chi connectivity index (χ3n) is 4.37. The van der Waals surface area contributed by atoms with Crippen LogP contribution in [0.15, 0.2) is 42.9 Å². The molecule has 25 heavy (non-hydrogen) atoms. The Hall–Kier alpha value is -2.18. The van der Waals surface area contributed by atoms with Crippen LogP contribution in [0.5, 0.6) is 0 Å². The second-order valence-corrected chi connectivity index (χ2v) is 6.83. The predicted molar refractivity (Wildman–Crippen MR) is 96.0 cm³/mol. The van der Waals surface area contributed by atoms with Crippen LogP contribution < -0.4 is 5.73 Å². The molecule has 0 unspecified atom stereocenters. The number of hydrogen-bond donors (Lipinski definition) is 1. The van der Waals surface area contributed by atoms with Crippen LogP contribution in [0.25, 0.3) is 0 Å². The molecule has 134 valence electrons. The molecule has 6 heteroatoms. The van der Waals surface area contributed by atoms with Gasteiger partial charge < -0.3 is 19.9 Å². The van der Waals surface area contributed by atoms with E-state index in [0.29, 0.717) is 19.5 Å². The number of carbonyl (C=O) groups excluding carboxylic acids is 1. The molecule has 0 bridgehead atoms. The van der Waals surface area contributed by atoms with Gasteiger partial charge in [-0.25, -0.2) is 4.98 Å². The summed E-state index contributed by atoms with van der Waals surface area (Å²) in [6, 6.07) is 9.63. The molecule has 1 saturated heterocycles. The zero-order valence-corrected chi connectivity index (χ0v) is 14.8. The molecule has 2 aromatic rings. The Morgan fingerprint density at radius 3 is 2.64 bits per heavy atom. The number of morpholine rings is 1. The van der Waals surface area contributed by atoms with E-state index >= 15 is 0 Å². The summed E-state index contributed by atoms with van der Waals surface area (Å²) < 4.78 is 7.69. The fourth-order valence-electron chi connectivity index (χ4n) is 3.30. The molecule has 3 rings (SSSR count). The lowest BCUT2D eigenvalue weighted by Gasteiger charge is -2.36. The van der Waals surface area contributed by atoms with E-state index in [0.717, 1.165) is 12.2 Å². The third kappa shape index (κ3) is 4.67. The average molecular weight is 342 g/mol. The predicted octanol–water partition coefficient (Wildman–Crippen LogP) is 1.44. The third-order valence-corrected chi connectivity index (χ3v) is 4.37. The fourth-order valence-corrected chi connectivity index (χ4v) is 3.30. The van der Waals surface area contributed by atoms with Crippen molar-refractivity contribution < 1.29 is 9.53 Å². The maximum atomic E-state index is 12.6. The number of hydrogen-bond acceptors (Lipinski definition) is 4. The van der Waals surface area contributed by atoms with E-state index in [9.17, 15) is 4.79 Å². The summed E-state index contributed by atoms with van der Waals surface area (Å²) in [6.07, 6.45) is 4.29. The molecule has 0 spiro atoms. The average Bonchev–Trinajstić information content (AvgIpc) is 3.01. The van der Waals surface area contributed by atoms with Crippen LogP contribution in [-0.2, 0) is 22.5 Å². The maximum absolute atomic E-state index is 12.6. The summed E-state index contributed by atoms with van der Waals surface area (Å²) in [7, 11) is 0. The molecule has 6 nitrogen and oxygen atoms in total. The van der Waals surface area contributed by atoms with E-state index in [2.05, 4.69) is 17.1 Å². The Bertz CT molecular complexity index is 690. The van der Waals surface area contributed by atoms with Crippen molar-refractivity contribution in [3.8, 4) is 0 Å². The first-order valence-corrected chi connectivity index (χ1v) is 8.75. The first kappa shape index (κ1) is 17.6. The number of imidazole rings is 1. The largest absolute Gasteiger partial charge is 0.372 e. The molecule has 1 aliphatic rings. The van der Waals surface area contributed by atoms with Gasteiger partial charge in [-0.3, -0.25) is 4.79 Å². The quantitative estimate of drug-likeness (QED) is 0.892. The van der Waals surface area contributed by atoms with E-state index in [1.54, 1.807) is 6.33 Å². The smallest absolute Gasteiger partial charge is 0.240 e. The number of benzene rings is 1. The van der Waals surface area contributed by atoms with Crippen molar-refractivity contribution in [3.63, 3.8) is 0 Å². The summed E-state index contributed by atoms with van der Waals surface area (Å²) in [5.74, 6) is -0.0281. The molecule has 0 radical (unpaired) electrons. The standard InChI is InChI=1S/C19H26N4O2/c1-14-9-23(10-15(2)25-14)19(24)18(20)8-17-12-22(13-21-17)11-16-6-4-3-5-7-16/h3-7,12-15,18H,8-11,20H2,1-2H3/t14-,15-,18-/m0/s1. The van der Waals surface area contributed by atoms with E-state index in [-0.39, 0.29) is 18.1 Å². The Balaban J connectivity index is 1.57. The zero-order valence-electron chi connectivity index (χ0n) is 14.8. The molecule has 1 aromatic carbocycles. The molecule has 3 atom stereocenters.